The zero-order valence-electron chi connectivity index (χ0n) is 7.57. The molecule has 1 nitrogen and oxygen atoms in total. The highest BCUT2D eigenvalue weighted by molar-refractivity contribution is 6.32. The molecule has 0 aromatic heterocycles. The second-order valence-electron chi connectivity index (χ2n) is 2.70. The van der Waals surface area contributed by atoms with Crippen molar-refractivity contribution in [2.75, 3.05) is 6.54 Å². The van der Waals surface area contributed by atoms with Crippen LogP contribution in [-0.2, 0) is 0 Å². The highest BCUT2D eigenvalue weighted by atomic mass is 35.5. The zero-order chi connectivity index (χ0) is 9.52. The SMILES string of the molecule is CC1=NCC(Cl)=C1.c1ccccc1. The van der Waals surface area contributed by atoms with Gasteiger partial charge in [0, 0.05) is 10.7 Å². The topological polar surface area (TPSA) is 12.4 Å². The monoisotopic (exact) mass is 193 g/mol. The van der Waals surface area contributed by atoms with Crippen molar-refractivity contribution >= 4 is 17.3 Å². The molecule has 13 heavy (non-hydrogen) atoms. The van der Waals surface area contributed by atoms with Gasteiger partial charge in [0.2, 0.25) is 0 Å². The number of halogens is 1. The van der Waals surface area contributed by atoms with E-state index in [1.807, 2.05) is 49.4 Å². The van der Waals surface area contributed by atoms with Gasteiger partial charge in [-0.3, -0.25) is 4.99 Å². The van der Waals surface area contributed by atoms with E-state index < -0.39 is 0 Å². The Kier molecular flexibility index (Phi) is 4.27. The van der Waals surface area contributed by atoms with E-state index in [9.17, 15) is 0 Å². The lowest BCUT2D eigenvalue weighted by Crippen LogP contribution is -1.73. The Bertz CT molecular complexity index is 274. The molecule has 0 fully saturated rings. The molecule has 0 N–H and O–H groups in total. The molecule has 0 saturated carbocycles. The van der Waals surface area contributed by atoms with E-state index in [-0.39, 0.29) is 0 Å². The van der Waals surface area contributed by atoms with Crippen LogP contribution in [0.1, 0.15) is 6.92 Å². The minimum absolute atomic E-state index is 0.688. The van der Waals surface area contributed by atoms with Gasteiger partial charge in [-0.15, -0.1) is 0 Å². The summed E-state index contributed by atoms with van der Waals surface area (Å²) in [5, 5.41) is 0.845. The molecule has 0 bridgehead atoms. The van der Waals surface area contributed by atoms with Crippen molar-refractivity contribution in [1.29, 1.82) is 0 Å². The van der Waals surface area contributed by atoms with Crippen molar-refractivity contribution in [3.8, 4) is 0 Å². The molecule has 68 valence electrons. The van der Waals surface area contributed by atoms with E-state index in [1.165, 1.54) is 0 Å². The first-order chi connectivity index (χ1) is 6.29. The summed E-state index contributed by atoms with van der Waals surface area (Å²) in [5.41, 5.74) is 1.03. The van der Waals surface area contributed by atoms with Crippen LogP contribution >= 0.6 is 11.6 Å². The summed E-state index contributed by atoms with van der Waals surface area (Å²) in [5.74, 6) is 0. The third kappa shape index (κ3) is 4.48. The molecule has 0 spiro atoms. The fourth-order valence-electron chi connectivity index (χ4n) is 0.903. The molecule has 0 atom stereocenters. The molecule has 0 unspecified atom stereocenters. The molecule has 0 aliphatic carbocycles. The first-order valence-corrected chi connectivity index (χ1v) is 4.54. The van der Waals surface area contributed by atoms with Crippen molar-refractivity contribution in [2.45, 2.75) is 6.92 Å². The van der Waals surface area contributed by atoms with E-state index in [2.05, 4.69) is 4.99 Å². The third-order valence-corrected chi connectivity index (χ3v) is 1.74. The summed E-state index contributed by atoms with van der Waals surface area (Å²) < 4.78 is 0. The Morgan fingerprint density at radius 3 is 1.69 bits per heavy atom. The standard InChI is InChI=1S/C6H6.C5H6ClN/c1-2-4-6-5-3-1;1-4-2-5(6)3-7-4/h1-6H;2H,3H2,1H3. The minimum atomic E-state index is 0.688. The molecule has 1 aromatic rings. The van der Waals surface area contributed by atoms with Crippen LogP contribution in [0.5, 0.6) is 0 Å². The maximum Gasteiger partial charge on any atom is 0.0750 e. The predicted molar refractivity (Wildman–Crippen MR) is 58.4 cm³/mol. The van der Waals surface area contributed by atoms with E-state index in [4.69, 9.17) is 11.6 Å². The van der Waals surface area contributed by atoms with Crippen LogP contribution in [0.15, 0.2) is 52.5 Å². The average Bonchev–Trinajstić information content (AvgIpc) is 2.54. The van der Waals surface area contributed by atoms with Gasteiger partial charge in [-0.1, -0.05) is 48.0 Å². The first kappa shape index (κ1) is 10.0. The van der Waals surface area contributed by atoms with Crippen LogP contribution < -0.4 is 0 Å². The highest BCUT2D eigenvalue weighted by Crippen LogP contribution is 2.07. The summed E-state index contributed by atoms with van der Waals surface area (Å²) in [6.45, 7) is 2.63. The van der Waals surface area contributed by atoms with Gasteiger partial charge >= 0.3 is 0 Å². The fourth-order valence-corrected chi connectivity index (χ4v) is 1.12. The Morgan fingerprint density at radius 2 is 1.54 bits per heavy atom. The molecule has 2 heteroatoms. The van der Waals surface area contributed by atoms with E-state index >= 15 is 0 Å². The van der Waals surface area contributed by atoms with Crippen molar-refractivity contribution in [3.05, 3.63) is 47.5 Å². The van der Waals surface area contributed by atoms with Crippen LogP contribution in [0, 0.1) is 0 Å². The highest BCUT2D eigenvalue weighted by Gasteiger charge is 1.97. The molecule has 2 rings (SSSR count). The number of benzene rings is 1. The largest absolute Gasteiger partial charge is 0.284 e. The van der Waals surface area contributed by atoms with Gasteiger partial charge < -0.3 is 0 Å². The first-order valence-electron chi connectivity index (χ1n) is 4.16. The predicted octanol–water partition coefficient (Wildman–Crippen LogP) is 3.27. The van der Waals surface area contributed by atoms with Gasteiger partial charge in [-0.2, -0.15) is 0 Å². The number of aliphatic imine (C=N–C) groups is 1. The van der Waals surface area contributed by atoms with Crippen molar-refractivity contribution < 1.29 is 0 Å². The summed E-state index contributed by atoms with van der Waals surface area (Å²) in [7, 11) is 0. The van der Waals surface area contributed by atoms with Crippen LogP contribution in [0.2, 0.25) is 0 Å². The lowest BCUT2D eigenvalue weighted by atomic mass is 10.4. The molecule has 1 aromatic carbocycles. The molecule has 1 aliphatic rings. The number of allylic oxidation sites excluding steroid dienone is 1. The minimum Gasteiger partial charge on any atom is -0.284 e. The van der Waals surface area contributed by atoms with Gasteiger partial charge in [0.15, 0.2) is 0 Å². The molecular formula is C11H12ClN. The summed E-state index contributed by atoms with van der Waals surface area (Å²) in [6.07, 6.45) is 1.88. The Balaban J connectivity index is 0.000000132. The van der Waals surface area contributed by atoms with Crippen LogP contribution in [-0.4, -0.2) is 12.3 Å². The van der Waals surface area contributed by atoms with Gasteiger partial charge in [0.1, 0.15) is 0 Å². The lowest BCUT2D eigenvalue weighted by Gasteiger charge is -1.74. The molecule has 1 aliphatic heterocycles. The summed E-state index contributed by atoms with van der Waals surface area (Å²) >= 11 is 5.55. The molecule has 0 radical (unpaired) electrons. The smallest absolute Gasteiger partial charge is 0.0750 e. The Morgan fingerprint density at radius 1 is 1.08 bits per heavy atom. The van der Waals surface area contributed by atoms with Crippen LogP contribution in [0.25, 0.3) is 0 Å². The van der Waals surface area contributed by atoms with Crippen molar-refractivity contribution in [2.24, 2.45) is 4.99 Å². The fraction of sp³-hybridized carbons (Fsp3) is 0.182. The van der Waals surface area contributed by atoms with Crippen LogP contribution in [0.3, 0.4) is 0 Å². The molecule has 0 saturated heterocycles. The number of nitrogens with zero attached hydrogens (tertiary/aromatic N) is 1. The van der Waals surface area contributed by atoms with E-state index in [0.29, 0.717) is 6.54 Å². The maximum absolute atomic E-state index is 5.55. The zero-order valence-corrected chi connectivity index (χ0v) is 8.33. The summed E-state index contributed by atoms with van der Waals surface area (Å²) in [6, 6.07) is 12.0. The number of rotatable bonds is 0. The van der Waals surface area contributed by atoms with Crippen molar-refractivity contribution in [3.63, 3.8) is 0 Å². The van der Waals surface area contributed by atoms with Gasteiger partial charge in [-0.05, 0) is 13.0 Å². The van der Waals surface area contributed by atoms with Gasteiger partial charge in [0.25, 0.3) is 0 Å². The average molecular weight is 194 g/mol. The summed E-state index contributed by atoms with van der Waals surface area (Å²) in [4.78, 5) is 4.01. The molecule has 0 amide bonds. The Labute approximate surface area is 83.8 Å². The molecule has 1 heterocycles. The lowest BCUT2D eigenvalue weighted by molar-refractivity contribution is 1.26. The number of hydrogen-bond donors (Lipinski definition) is 0. The third-order valence-electron chi connectivity index (χ3n) is 1.51. The second kappa shape index (κ2) is 5.55. The van der Waals surface area contributed by atoms with E-state index in [0.717, 1.165) is 10.7 Å². The maximum atomic E-state index is 5.55. The second-order valence-corrected chi connectivity index (χ2v) is 3.19. The van der Waals surface area contributed by atoms with Crippen LogP contribution in [0.4, 0.5) is 0 Å². The van der Waals surface area contributed by atoms with Gasteiger partial charge in [-0.25, -0.2) is 0 Å². The van der Waals surface area contributed by atoms with Gasteiger partial charge in [0.05, 0.1) is 6.54 Å². The Hall–Kier alpha value is -1.08. The number of hydrogen-bond acceptors (Lipinski definition) is 1. The van der Waals surface area contributed by atoms with Crippen molar-refractivity contribution in [1.82, 2.24) is 0 Å². The molecular weight excluding hydrogens is 182 g/mol. The normalized spacial score (nSPS) is 14.0. The van der Waals surface area contributed by atoms with E-state index in [1.54, 1.807) is 0 Å². The quantitative estimate of drug-likeness (QED) is 0.600.